The van der Waals surface area contributed by atoms with E-state index in [2.05, 4.69) is 11.9 Å². The topological polar surface area (TPSA) is 23.5 Å². The number of halogens is 3. The number of rotatable bonds is 4. The molecule has 2 aliphatic rings. The minimum atomic E-state index is -4.15. The third-order valence-electron chi connectivity index (χ3n) is 5.45. The van der Waals surface area contributed by atoms with Crippen molar-refractivity contribution in [3.8, 4) is 0 Å². The molecule has 0 spiro atoms. The molecule has 2 unspecified atom stereocenters. The molecular formula is C18H24F3NO. The van der Waals surface area contributed by atoms with Crippen molar-refractivity contribution in [1.82, 2.24) is 4.90 Å². The van der Waals surface area contributed by atoms with E-state index in [1.165, 1.54) is 0 Å². The quantitative estimate of drug-likeness (QED) is 0.910. The summed E-state index contributed by atoms with van der Waals surface area (Å²) in [4.78, 5) is 2.31. The molecule has 0 bridgehead atoms. The van der Waals surface area contributed by atoms with Gasteiger partial charge in [-0.15, -0.1) is 0 Å². The Hall–Kier alpha value is -1.07. The normalized spacial score (nSPS) is 30.9. The monoisotopic (exact) mass is 327 g/mol. The molecule has 5 heteroatoms. The molecule has 4 atom stereocenters. The van der Waals surface area contributed by atoms with Gasteiger partial charge in [0, 0.05) is 12.6 Å². The van der Waals surface area contributed by atoms with Crippen LogP contribution in [0.15, 0.2) is 24.3 Å². The summed E-state index contributed by atoms with van der Waals surface area (Å²) in [5.74, 6) is 1.29. The Morgan fingerprint density at radius 2 is 1.52 bits per heavy atom. The molecular weight excluding hydrogens is 303 g/mol. The molecule has 2 fully saturated rings. The second-order valence-corrected chi connectivity index (χ2v) is 7.29. The summed E-state index contributed by atoms with van der Waals surface area (Å²) in [6.45, 7) is 0.763. The SMILES string of the molecule is CN(Cc1ccc(CC(F)(F)F)cc1)C1C[C@H]2CC(O)C[C@H]2C1. The fourth-order valence-electron chi connectivity index (χ4n) is 4.32. The lowest BCUT2D eigenvalue weighted by atomic mass is 10.0. The molecule has 2 nitrogen and oxygen atoms in total. The second kappa shape index (κ2) is 6.44. The summed E-state index contributed by atoms with van der Waals surface area (Å²) < 4.78 is 37.1. The first-order valence-corrected chi connectivity index (χ1v) is 8.33. The van der Waals surface area contributed by atoms with Gasteiger partial charge in [0.05, 0.1) is 12.5 Å². The average molecular weight is 327 g/mol. The molecule has 1 N–H and O–H groups in total. The zero-order valence-corrected chi connectivity index (χ0v) is 13.4. The van der Waals surface area contributed by atoms with E-state index in [4.69, 9.17) is 0 Å². The Morgan fingerprint density at radius 1 is 1.00 bits per heavy atom. The van der Waals surface area contributed by atoms with E-state index in [0.29, 0.717) is 23.4 Å². The average Bonchev–Trinajstić information content (AvgIpc) is 2.96. The van der Waals surface area contributed by atoms with Crippen LogP contribution < -0.4 is 0 Å². The number of aliphatic hydroxyl groups is 1. The molecule has 3 rings (SSSR count). The maximum absolute atomic E-state index is 12.4. The van der Waals surface area contributed by atoms with E-state index in [9.17, 15) is 18.3 Å². The van der Waals surface area contributed by atoms with Crippen LogP contribution in [0.25, 0.3) is 0 Å². The van der Waals surface area contributed by atoms with Crippen molar-refractivity contribution in [2.24, 2.45) is 11.8 Å². The fourth-order valence-corrected chi connectivity index (χ4v) is 4.32. The molecule has 0 heterocycles. The number of hydrogen-bond acceptors (Lipinski definition) is 2. The molecule has 2 saturated carbocycles. The van der Waals surface area contributed by atoms with Gasteiger partial charge < -0.3 is 5.11 Å². The lowest BCUT2D eigenvalue weighted by Gasteiger charge is -2.25. The van der Waals surface area contributed by atoms with Gasteiger partial charge in [0.25, 0.3) is 0 Å². The van der Waals surface area contributed by atoms with E-state index in [-0.39, 0.29) is 6.10 Å². The number of nitrogens with zero attached hydrogens (tertiary/aromatic N) is 1. The zero-order valence-electron chi connectivity index (χ0n) is 13.4. The minimum Gasteiger partial charge on any atom is -0.393 e. The van der Waals surface area contributed by atoms with Crippen molar-refractivity contribution in [2.45, 2.75) is 57.0 Å². The van der Waals surface area contributed by atoms with Crippen molar-refractivity contribution in [1.29, 1.82) is 0 Å². The van der Waals surface area contributed by atoms with E-state index >= 15 is 0 Å². The highest BCUT2D eigenvalue weighted by molar-refractivity contribution is 5.23. The standard InChI is InChI=1S/C18H24F3NO/c1-22(16-6-14-8-17(23)9-15(14)7-16)11-13-4-2-12(3-5-13)10-18(19,20)21/h2-5,14-17,23H,6-11H2,1H3/t14-,15+,16?,17?. The van der Waals surface area contributed by atoms with Gasteiger partial charge in [0.2, 0.25) is 0 Å². The predicted octanol–water partition coefficient (Wildman–Crippen LogP) is 3.77. The van der Waals surface area contributed by atoms with Gasteiger partial charge in [0.1, 0.15) is 0 Å². The first kappa shape index (κ1) is 16.8. The van der Waals surface area contributed by atoms with Crippen LogP contribution >= 0.6 is 0 Å². The van der Waals surface area contributed by atoms with Crippen LogP contribution in [0.3, 0.4) is 0 Å². The van der Waals surface area contributed by atoms with Crippen LogP contribution in [-0.4, -0.2) is 35.4 Å². The van der Waals surface area contributed by atoms with Crippen LogP contribution in [-0.2, 0) is 13.0 Å². The Bertz CT molecular complexity index is 514. The maximum atomic E-state index is 12.4. The summed E-state index contributed by atoms with van der Waals surface area (Å²) >= 11 is 0. The van der Waals surface area contributed by atoms with Crippen LogP contribution in [0.5, 0.6) is 0 Å². The van der Waals surface area contributed by atoms with Crippen molar-refractivity contribution in [2.75, 3.05) is 7.05 Å². The van der Waals surface area contributed by atoms with E-state index in [1.807, 2.05) is 0 Å². The molecule has 0 radical (unpaired) electrons. The predicted molar refractivity (Wildman–Crippen MR) is 82.9 cm³/mol. The molecule has 128 valence electrons. The Morgan fingerprint density at radius 3 is 2.04 bits per heavy atom. The van der Waals surface area contributed by atoms with Crippen LogP contribution in [0, 0.1) is 11.8 Å². The zero-order chi connectivity index (χ0) is 16.6. The summed E-state index contributed by atoms with van der Waals surface area (Å²) in [6, 6.07) is 7.29. The summed E-state index contributed by atoms with van der Waals surface area (Å²) in [5, 5.41) is 9.71. The van der Waals surface area contributed by atoms with Crippen LogP contribution in [0.2, 0.25) is 0 Å². The first-order chi connectivity index (χ1) is 10.8. The van der Waals surface area contributed by atoms with Gasteiger partial charge in [-0.3, -0.25) is 4.90 Å². The number of alkyl halides is 3. The highest BCUT2D eigenvalue weighted by Crippen LogP contribution is 2.45. The van der Waals surface area contributed by atoms with Gasteiger partial charge in [-0.1, -0.05) is 24.3 Å². The Balaban J connectivity index is 1.53. The van der Waals surface area contributed by atoms with Gasteiger partial charge >= 0.3 is 6.18 Å². The van der Waals surface area contributed by atoms with Crippen molar-refractivity contribution in [3.63, 3.8) is 0 Å². The fraction of sp³-hybridized carbons (Fsp3) is 0.667. The smallest absolute Gasteiger partial charge is 0.393 e. The Kier molecular flexibility index (Phi) is 4.70. The summed E-state index contributed by atoms with van der Waals surface area (Å²) in [7, 11) is 2.09. The maximum Gasteiger partial charge on any atom is 0.393 e. The number of hydrogen-bond donors (Lipinski definition) is 1. The number of aliphatic hydroxyl groups excluding tert-OH is 1. The van der Waals surface area contributed by atoms with Gasteiger partial charge in [-0.25, -0.2) is 0 Å². The first-order valence-electron chi connectivity index (χ1n) is 8.33. The molecule has 1 aromatic carbocycles. The lowest BCUT2D eigenvalue weighted by Crippen LogP contribution is -2.29. The van der Waals surface area contributed by atoms with Crippen molar-refractivity contribution < 1.29 is 18.3 Å². The highest BCUT2D eigenvalue weighted by Gasteiger charge is 2.42. The molecule has 0 amide bonds. The number of benzene rings is 1. The third kappa shape index (κ3) is 4.27. The van der Waals surface area contributed by atoms with Gasteiger partial charge in [-0.05, 0) is 55.7 Å². The van der Waals surface area contributed by atoms with E-state index in [1.54, 1.807) is 24.3 Å². The summed E-state index contributed by atoms with van der Waals surface area (Å²) in [5.41, 5.74) is 1.36. The molecule has 23 heavy (non-hydrogen) atoms. The van der Waals surface area contributed by atoms with Crippen molar-refractivity contribution in [3.05, 3.63) is 35.4 Å². The Labute approximate surface area is 135 Å². The van der Waals surface area contributed by atoms with Crippen LogP contribution in [0.1, 0.15) is 36.8 Å². The van der Waals surface area contributed by atoms with Crippen molar-refractivity contribution >= 4 is 0 Å². The summed E-state index contributed by atoms with van der Waals surface area (Å²) in [6.07, 6.45) is -1.00. The van der Waals surface area contributed by atoms with E-state index in [0.717, 1.165) is 37.8 Å². The van der Waals surface area contributed by atoms with Crippen LogP contribution in [0.4, 0.5) is 13.2 Å². The molecule has 0 saturated heterocycles. The molecule has 0 aliphatic heterocycles. The van der Waals surface area contributed by atoms with Gasteiger partial charge in [-0.2, -0.15) is 13.2 Å². The number of fused-ring (bicyclic) bond motifs is 1. The largest absolute Gasteiger partial charge is 0.393 e. The lowest BCUT2D eigenvalue weighted by molar-refractivity contribution is -0.127. The van der Waals surface area contributed by atoms with E-state index < -0.39 is 12.6 Å². The molecule has 1 aromatic rings. The highest BCUT2D eigenvalue weighted by atomic mass is 19.4. The van der Waals surface area contributed by atoms with Gasteiger partial charge in [0.15, 0.2) is 0 Å². The molecule has 0 aromatic heterocycles. The third-order valence-corrected chi connectivity index (χ3v) is 5.45. The second-order valence-electron chi connectivity index (χ2n) is 7.29. The molecule has 2 aliphatic carbocycles. The minimum absolute atomic E-state index is 0.113.